The molecule has 4 N–H and O–H groups in total. The van der Waals surface area contributed by atoms with E-state index in [1.54, 1.807) is 12.0 Å². The van der Waals surface area contributed by atoms with Crippen molar-refractivity contribution in [3.8, 4) is 5.75 Å². The van der Waals surface area contributed by atoms with Crippen molar-refractivity contribution in [2.75, 3.05) is 20.2 Å². The zero-order valence-corrected chi connectivity index (χ0v) is 15.5. The summed E-state index contributed by atoms with van der Waals surface area (Å²) in [5, 5.41) is 13.8. The first kappa shape index (κ1) is 19.4. The first-order valence-corrected chi connectivity index (χ1v) is 9.21. The average molecular weight is 369 g/mol. The third kappa shape index (κ3) is 4.86. The van der Waals surface area contributed by atoms with E-state index in [0.29, 0.717) is 26.1 Å². The first-order valence-electron chi connectivity index (χ1n) is 9.21. The van der Waals surface area contributed by atoms with Crippen molar-refractivity contribution in [2.24, 2.45) is 5.73 Å². The minimum absolute atomic E-state index is 0.118. The Kier molecular flexibility index (Phi) is 6.45. The smallest absolute Gasteiger partial charge is 0.242 e. The fourth-order valence-electron chi connectivity index (χ4n) is 3.38. The molecule has 1 unspecified atom stereocenters. The van der Waals surface area contributed by atoms with Crippen LogP contribution in [0.25, 0.3) is 0 Å². The first-order chi connectivity index (χ1) is 13.1. The second kappa shape index (κ2) is 8.99. The Labute approximate surface area is 159 Å². The number of aliphatic hydroxyl groups excluding tert-OH is 1. The summed E-state index contributed by atoms with van der Waals surface area (Å²) >= 11 is 0. The largest absolute Gasteiger partial charge is 0.497 e. The molecule has 2 aromatic carbocycles. The summed E-state index contributed by atoms with van der Waals surface area (Å²) in [6.45, 7) is 1.73. The van der Waals surface area contributed by atoms with Crippen LogP contribution in [0.1, 0.15) is 11.1 Å². The van der Waals surface area contributed by atoms with E-state index in [0.717, 1.165) is 16.9 Å². The normalized spacial score (nSPS) is 19.6. The number of ether oxygens (including phenoxy) is 1. The van der Waals surface area contributed by atoms with E-state index < -0.39 is 18.2 Å². The van der Waals surface area contributed by atoms with Crippen molar-refractivity contribution in [3.05, 3.63) is 65.7 Å². The van der Waals surface area contributed by atoms with E-state index in [-0.39, 0.29) is 5.91 Å². The minimum Gasteiger partial charge on any atom is -0.497 e. The molecule has 0 aromatic heterocycles. The second-order valence-corrected chi connectivity index (χ2v) is 6.88. The molecule has 1 aliphatic rings. The number of carbonyl (C=O) groups is 1. The van der Waals surface area contributed by atoms with Crippen molar-refractivity contribution in [1.82, 2.24) is 10.2 Å². The van der Waals surface area contributed by atoms with Crippen LogP contribution in [0.3, 0.4) is 0 Å². The molecule has 6 nitrogen and oxygen atoms in total. The van der Waals surface area contributed by atoms with Gasteiger partial charge in [0.15, 0.2) is 0 Å². The lowest BCUT2D eigenvalue weighted by Gasteiger charge is -2.37. The van der Waals surface area contributed by atoms with Crippen molar-refractivity contribution in [1.29, 1.82) is 0 Å². The van der Waals surface area contributed by atoms with Gasteiger partial charge in [-0.25, -0.2) is 0 Å². The maximum absolute atomic E-state index is 12.9. The molecule has 0 spiro atoms. The zero-order valence-electron chi connectivity index (χ0n) is 15.5. The molecule has 0 aliphatic carbocycles. The Morgan fingerprint density at radius 3 is 2.56 bits per heavy atom. The van der Waals surface area contributed by atoms with Gasteiger partial charge >= 0.3 is 0 Å². The number of nitrogens with one attached hydrogen (secondary N) is 1. The molecule has 1 saturated heterocycles. The van der Waals surface area contributed by atoms with Gasteiger partial charge in [0.05, 0.1) is 13.2 Å². The molecule has 3 rings (SSSR count). The van der Waals surface area contributed by atoms with Crippen LogP contribution in [0.15, 0.2) is 54.6 Å². The summed E-state index contributed by atoms with van der Waals surface area (Å²) in [5.74, 6) is 0.665. The molecule has 1 fully saturated rings. The van der Waals surface area contributed by atoms with E-state index in [1.165, 1.54) is 0 Å². The number of hydrogen-bond acceptors (Lipinski definition) is 5. The average Bonchev–Trinajstić information content (AvgIpc) is 2.70. The molecule has 1 heterocycles. The molecule has 0 radical (unpaired) electrons. The quantitative estimate of drug-likeness (QED) is 0.676. The number of methoxy groups -OCH3 is 1. The Bertz CT molecular complexity index is 736. The van der Waals surface area contributed by atoms with Gasteiger partial charge in [-0.2, -0.15) is 0 Å². The van der Waals surface area contributed by atoms with Crippen molar-refractivity contribution >= 4 is 5.91 Å². The Balaban J connectivity index is 1.62. The molecule has 0 bridgehead atoms. The fraction of sp³-hybridized carbons (Fsp3) is 0.381. The lowest BCUT2D eigenvalue weighted by atomic mass is 9.95. The van der Waals surface area contributed by atoms with Crippen LogP contribution in [-0.4, -0.2) is 54.3 Å². The second-order valence-electron chi connectivity index (χ2n) is 6.88. The summed E-state index contributed by atoms with van der Waals surface area (Å²) in [7, 11) is 1.62. The van der Waals surface area contributed by atoms with Gasteiger partial charge in [-0.15, -0.1) is 0 Å². The van der Waals surface area contributed by atoms with E-state index in [4.69, 9.17) is 10.5 Å². The van der Waals surface area contributed by atoms with Gasteiger partial charge < -0.3 is 25.8 Å². The standard InChI is InChI=1S/C21H27N3O3/c1-27-17-9-7-16(8-10-17)14-24-12-11-23-19(21(24)26)20(25)18(22)13-15-5-3-2-4-6-15/h2-10,18-20,23,25H,11-14,22H2,1H3/t18-,19?,20-/m0/s1. The topological polar surface area (TPSA) is 87.8 Å². The highest BCUT2D eigenvalue weighted by atomic mass is 16.5. The maximum Gasteiger partial charge on any atom is 0.242 e. The molecular formula is C21H27N3O3. The van der Waals surface area contributed by atoms with Gasteiger partial charge in [0, 0.05) is 25.7 Å². The predicted octanol–water partition coefficient (Wildman–Crippen LogP) is 0.927. The van der Waals surface area contributed by atoms with Crippen LogP contribution < -0.4 is 15.8 Å². The lowest BCUT2D eigenvalue weighted by molar-refractivity contribution is -0.140. The number of carbonyl (C=O) groups excluding carboxylic acids is 1. The van der Waals surface area contributed by atoms with Gasteiger partial charge in [0.1, 0.15) is 11.8 Å². The molecule has 27 heavy (non-hydrogen) atoms. The number of piperazine rings is 1. The third-order valence-corrected chi connectivity index (χ3v) is 4.95. The maximum atomic E-state index is 12.9. The van der Waals surface area contributed by atoms with Gasteiger partial charge in [0.2, 0.25) is 5.91 Å². The Morgan fingerprint density at radius 1 is 1.19 bits per heavy atom. The van der Waals surface area contributed by atoms with Gasteiger partial charge in [-0.3, -0.25) is 4.79 Å². The highest BCUT2D eigenvalue weighted by molar-refractivity contribution is 5.83. The van der Waals surface area contributed by atoms with Crippen LogP contribution in [0.5, 0.6) is 5.75 Å². The van der Waals surface area contributed by atoms with Crippen LogP contribution in [-0.2, 0) is 17.8 Å². The molecule has 3 atom stereocenters. The number of aliphatic hydroxyl groups is 1. The number of rotatable bonds is 7. The van der Waals surface area contributed by atoms with E-state index in [2.05, 4.69) is 5.32 Å². The summed E-state index contributed by atoms with van der Waals surface area (Å²) in [6, 6.07) is 16.2. The van der Waals surface area contributed by atoms with Crippen molar-refractivity contribution < 1.29 is 14.6 Å². The van der Waals surface area contributed by atoms with Gasteiger partial charge in [0.25, 0.3) is 0 Å². The Morgan fingerprint density at radius 2 is 1.89 bits per heavy atom. The van der Waals surface area contributed by atoms with Gasteiger partial charge in [-0.05, 0) is 29.7 Å². The van der Waals surface area contributed by atoms with Gasteiger partial charge in [-0.1, -0.05) is 42.5 Å². The summed E-state index contributed by atoms with van der Waals surface area (Å²) in [4.78, 5) is 14.6. The molecule has 2 aromatic rings. The number of benzene rings is 2. The van der Waals surface area contributed by atoms with E-state index in [9.17, 15) is 9.90 Å². The van der Waals surface area contributed by atoms with Crippen LogP contribution in [0.4, 0.5) is 0 Å². The van der Waals surface area contributed by atoms with Crippen LogP contribution in [0.2, 0.25) is 0 Å². The molecular weight excluding hydrogens is 342 g/mol. The SMILES string of the molecule is COc1ccc(CN2CCNC([C@@H](O)[C@@H](N)Cc3ccccc3)C2=O)cc1. The Hall–Kier alpha value is -2.41. The lowest BCUT2D eigenvalue weighted by Crippen LogP contribution is -2.62. The summed E-state index contributed by atoms with van der Waals surface area (Å²) < 4.78 is 5.17. The van der Waals surface area contributed by atoms with E-state index in [1.807, 2.05) is 54.6 Å². The summed E-state index contributed by atoms with van der Waals surface area (Å²) in [5.41, 5.74) is 8.26. The highest BCUT2D eigenvalue weighted by Crippen LogP contribution is 2.16. The molecule has 6 heteroatoms. The molecule has 1 amide bonds. The number of nitrogens with two attached hydrogens (primary N) is 1. The highest BCUT2D eigenvalue weighted by Gasteiger charge is 2.36. The molecule has 0 saturated carbocycles. The number of nitrogens with zero attached hydrogens (tertiary/aromatic N) is 1. The number of hydrogen-bond donors (Lipinski definition) is 3. The van der Waals surface area contributed by atoms with Crippen molar-refractivity contribution in [2.45, 2.75) is 31.2 Å². The molecule has 1 aliphatic heterocycles. The minimum atomic E-state index is -0.948. The summed E-state index contributed by atoms with van der Waals surface area (Å²) in [6.07, 6.45) is -0.428. The third-order valence-electron chi connectivity index (χ3n) is 4.95. The van der Waals surface area contributed by atoms with Crippen LogP contribution in [0, 0.1) is 0 Å². The van der Waals surface area contributed by atoms with Crippen LogP contribution >= 0.6 is 0 Å². The fourth-order valence-corrected chi connectivity index (χ4v) is 3.38. The van der Waals surface area contributed by atoms with Crippen molar-refractivity contribution in [3.63, 3.8) is 0 Å². The number of amides is 1. The van der Waals surface area contributed by atoms with E-state index >= 15 is 0 Å². The predicted molar refractivity (Wildman–Crippen MR) is 104 cm³/mol. The monoisotopic (exact) mass is 369 g/mol. The zero-order chi connectivity index (χ0) is 19.2. The molecule has 144 valence electrons.